The highest BCUT2D eigenvalue weighted by Crippen LogP contribution is 2.14. The van der Waals surface area contributed by atoms with Crippen molar-refractivity contribution in [1.29, 1.82) is 0 Å². The highest BCUT2D eigenvalue weighted by molar-refractivity contribution is 5.85. The summed E-state index contributed by atoms with van der Waals surface area (Å²) in [5.41, 5.74) is 2.40. The average Bonchev–Trinajstić information content (AvgIpc) is 2.40. The summed E-state index contributed by atoms with van der Waals surface area (Å²) in [4.78, 5) is 12.1. The molecular weight excluding hydrogens is 260 g/mol. The molecule has 1 aromatic carbocycles. The van der Waals surface area contributed by atoms with Crippen LogP contribution in [-0.2, 0) is 4.79 Å². The molecular formula is C15H23ClN2O. The van der Waals surface area contributed by atoms with E-state index in [0.717, 1.165) is 24.9 Å². The number of rotatable bonds is 3. The van der Waals surface area contributed by atoms with Crippen LogP contribution in [0.4, 0.5) is 0 Å². The molecule has 2 atom stereocenters. The zero-order valence-corrected chi connectivity index (χ0v) is 12.4. The Morgan fingerprint density at radius 3 is 2.58 bits per heavy atom. The average molecular weight is 283 g/mol. The van der Waals surface area contributed by atoms with Gasteiger partial charge in [0.25, 0.3) is 0 Å². The van der Waals surface area contributed by atoms with Gasteiger partial charge in [-0.05, 0) is 38.8 Å². The van der Waals surface area contributed by atoms with Gasteiger partial charge in [-0.2, -0.15) is 0 Å². The van der Waals surface area contributed by atoms with Gasteiger partial charge in [-0.25, -0.2) is 0 Å². The molecule has 1 aliphatic heterocycles. The summed E-state index contributed by atoms with van der Waals surface area (Å²) in [5, 5.41) is 6.36. The highest BCUT2D eigenvalue weighted by Gasteiger charge is 2.21. The van der Waals surface area contributed by atoms with Crippen LogP contribution in [0.5, 0.6) is 0 Å². The lowest BCUT2D eigenvalue weighted by Crippen LogP contribution is -2.47. The van der Waals surface area contributed by atoms with Crippen molar-refractivity contribution >= 4 is 18.3 Å². The number of carbonyl (C=O) groups is 1. The second kappa shape index (κ2) is 7.51. The number of aryl methyl sites for hydroxylation is 1. The van der Waals surface area contributed by atoms with E-state index in [2.05, 4.69) is 41.8 Å². The molecule has 1 amide bonds. The minimum Gasteiger partial charge on any atom is -0.348 e. The van der Waals surface area contributed by atoms with E-state index in [1.165, 1.54) is 12.0 Å². The fourth-order valence-electron chi connectivity index (χ4n) is 2.33. The summed E-state index contributed by atoms with van der Waals surface area (Å²) in [6, 6.07) is 8.38. The van der Waals surface area contributed by atoms with Crippen LogP contribution in [0.25, 0.3) is 0 Å². The molecule has 4 heteroatoms. The molecule has 1 unspecified atom stereocenters. The number of piperidine rings is 1. The SMILES string of the molecule is Cc1ccc(C(C)NC(=O)[C@H]2CCCCN2)cc1.Cl. The molecule has 0 bridgehead atoms. The van der Waals surface area contributed by atoms with E-state index in [1.807, 2.05) is 6.92 Å². The number of halogens is 1. The summed E-state index contributed by atoms with van der Waals surface area (Å²) in [6.45, 7) is 5.06. The number of carbonyl (C=O) groups excluding carboxylic acids is 1. The quantitative estimate of drug-likeness (QED) is 0.895. The largest absolute Gasteiger partial charge is 0.348 e. The van der Waals surface area contributed by atoms with Crippen LogP contribution in [0.2, 0.25) is 0 Å². The number of benzene rings is 1. The Balaban J connectivity index is 0.00000180. The molecule has 1 heterocycles. The zero-order valence-electron chi connectivity index (χ0n) is 11.6. The Bertz CT molecular complexity index is 399. The van der Waals surface area contributed by atoms with Crippen molar-refractivity contribution in [2.45, 2.75) is 45.2 Å². The van der Waals surface area contributed by atoms with Crippen LogP contribution in [0.3, 0.4) is 0 Å². The van der Waals surface area contributed by atoms with E-state index in [0.29, 0.717) is 0 Å². The predicted molar refractivity (Wildman–Crippen MR) is 80.6 cm³/mol. The number of amides is 1. The standard InChI is InChI=1S/C15H22N2O.ClH/c1-11-6-8-13(9-7-11)12(2)17-15(18)14-5-3-4-10-16-14;/h6-9,12,14,16H,3-5,10H2,1-2H3,(H,17,18);1H/t12?,14-;/m1./s1. The van der Waals surface area contributed by atoms with Gasteiger partial charge in [0, 0.05) is 0 Å². The molecule has 2 rings (SSSR count). The fourth-order valence-corrected chi connectivity index (χ4v) is 2.33. The van der Waals surface area contributed by atoms with Crippen LogP contribution in [-0.4, -0.2) is 18.5 Å². The van der Waals surface area contributed by atoms with Gasteiger partial charge in [0.2, 0.25) is 5.91 Å². The van der Waals surface area contributed by atoms with Crippen molar-refractivity contribution in [3.63, 3.8) is 0 Å². The number of hydrogen-bond donors (Lipinski definition) is 2. The first-order valence-corrected chi connectivity index (χ1v) is 6.77. The molecule has 2 N–H and O–H groups in total. The summed E-state index contributed by atoms with van der Waals surface area (Å²) in [6.07, 6.45) is 3.27. The van der Waals surface area contributed by atoms with Crippen molar-refractivity contribution in [3.8, 4) is 0 Å². The smallest absolute Gasteiger partial charge is 0.237 e. The summed E-state index contributed by atoms with van der Waals surface area (Å²) in [5.74, 6) is 0.128. The third-order valence-corrected chi connectivity index (χ3v) is 3.56. The summed E-state index contributed by atoms with van der Waals surface area (Å²) >= 11 is 0. The van der Waals surface area contributed by atoms with E-state index >= 15 is 0 Å². The second-order valence-electron chi connectivity index (χ2n) is 5.14. The third-order valence-electron chi connectivity index (χ3n) is 3.56. The molecule has 1 saturated heterocycles. The molecule has 3 nitrogen and oxygen atoms in total. The molecule has 106 valence electrons. The Kier molecular flexibility index (Phi) is 6.32. The molecule has 0 aromatic heterocycles. The molecule has 1 aliphatic rings. The highest BCUT2D eigenvalue weighted by atomic mass is 35.5. The van der Waals surface area contributed by atoms with Gasteiger partial charge in [0.1, 0.15) is 0 Å². The fraction of sp³-hybridized carbons (Fsp3) is 0.533. The van der Waals surface area contributed by atoms with Gasteiger partial charge in [-0.3, -0.25) is 4.79 Å². The summed E-state index contributed by atoms with van der Waals surface area (Å²) in [7, 11) is 0. The Morgan fingerprint density at radius 1 is 1.32 bits per heavy atom. The lowest BCUT2D eigenvalue weighted by atomic mass is 10.0. The topological polar surface area (TPSA) is 41.1 Å². The lowest BCUT2D eigenvalue weighted by Gasteiger charge is -2.24. The van der Waals surface area contributed by atoms with E-state index in [4.69, 9.17) is 0 Å². The van der Waals surface area contributed by atoms with Crippen LogP contribution in [0.15, 0.2) is 24.3 Å². The maximum atomic E-state index is 12.1. The molecule has 0 aliphatic carbocycles. The van der Waals surface area contributed by atoms with Gasteiger partial charge < -0.3 is 10.6 Å². The Morgan fingerprint density at radius 2 is 2.00 bits per heavy atom. The van der Waals surface area contributed by atoms with Gasteiger partial charge in [0.15, 0.2) is 0 Å². The monoisotopic (exact) mass is 282 g/mol. The first-order chi connectivity index (χ1) is 8.66. The van der Waals surface area contributed by atoms with Gasteiger partial charge in [-0.15, -0.1) is 12.4 Å². The molecule has 19 heavy (non-hydrogen) atoms. The molecule has 0 saturated carbocycles. The number of nitrogens with one attached hydrogen (secondary N) is 2. The number of hydrogen-bond acceptors (Lipinski definition) is 2. The van der Waals surface area contributed by atoms with Crippen molar-refractivity contribution < 1.29 is 4.79 Å². The van der Waals surface area contributed by atoms with E-state index in [9.17, 15) is 4.79 Å². The molecule has 0 radical (unpaired) electrons. The van der Waals surface area contributed by atoms with Crippen molar-refractivity contribution in [1.82, 2.24) is 10.6 Å². The van der Waals surface area contributed by atoms with Gasteiger partial charge in [-0.1, -0.05) is 36.2 Å². The van der Waals surface area contributed by atoms with Crippen molar-refractivity contribution in [2.24, 2.45) is 0 Å². The minimum absolute atomic E-state index is 0. The van der Waals surface area contributed by atoms with E-state index in [1.54, 1.807) is 0 Å². The first-order valence-electron chi connectivity index (χ1n) is 6.77. The molecule has 1 aromatic rings. The normalized spacial score (nSPS) is 20.2. The van der Waals surface area contributed by atoms with Crippen LogP contribution < -0.4 is 10.6 Å². The maximum Gasteiger partial charge on any atom is 0.237 e. The van der Waals surface area contributed by atoms with Crippen LogP contribution in [0, 0.1) is 6.92 Å². The van der Waals surface area contributed by atoms with Gasteiger partial charge in [0.05, 0.1) is 12.1 Å². The third kappa shape index (κ3) is 4.51. The van der Waals surface area contributed by atoms with Crippen LogP contribution >= 0.6 is 12.4 Å². The molecule has 0 spiro atoms. The Labute approximate surface area is 121 Å². The maximum absolute atomic E-state index is 12.1. The predicted octanol–water partition coefficient (Wildman–Crippen LogP) is 2.74. The second-order valence-corrected chi connectivity index (χ2v) is 5.14. The molecule has 1 fully saturated rings. The lowest BCUT2D eigenvalue weighted by molar-refractivity contribution is -0.124. The minimum atomic E-state index is -0.00773. The van der Waals surface area contributed by atoms with E-state index < -0.39 is 0 Å². The van der Waals surface area contributed by atoms with Crippen LogP contribution in [0.1, 0.15) is 43.4 Å². The Hall–Kier alpha value is -1.06. The van der Waals surface area contributed by atoms with E-state index in [-0.39, 0.29) is 30.4 Å². The van der Waals surface area contributed by atoms with Crippen molar-refractivity contribution in [3.05, 3.63) is 35.4 Å². The first kappa shape index (κ1) is 16.0. The zero-order chi connectivity index (χ0) is 13.0. The summed E-state index contributed by atoms with van der Waals surface area (Å²) < 4.78 is 0. The van der Waals surface area contributed by atoms with Gasteiger partial charge >= 0.3 is 0 Å². The van der Waals surface area contributed by atoms with Crippen molar-refractivity contribution in [2.75, 3.05) is 6.54 Å².